The quantitative estimate of drug-likeness (QED) is 0.435. The number of nitrogens with one attached hydrogen (secondary N) is 1. The van der Waals surface area contributed by atoms with Crippen molar-refractivity contribution in [3.8, 4) is 11.5 Å². The molecule has 0 aliphatic rings. The highest BCUT2D eigenvalue weighted by molar-refractivity contribution is 6.31. The molecule has 1 N–H and O–H groups in total. The predicted octanol–water partition coefficient (Wildman–Crippen LogP) is 3.06. The van der Waals surface area contributed by atoms with Crippen LogP contribution in [0.3, 0.4) is 0 Å². The molecule has 0 fully saturated rings. The van der Waals surface area contributed by atoms with Gasteiger partial charge >= 0.3 is 5.97 Å². The molecular weight excluding hydrogens is 380 g/mol. The predicted molar refractivity (Wildman–Crippen MR) is 96.6 cm³/mol. The summed E-state index contributed by atoms with van der Waals surface area (Å²) in [7, 11) is 2.75. The van der Waals surface area contributed by atoms with Gasteiger partial charge in [0.1, 0.15) is 22.7 Å². The number of methoxy groups -OCH3 is 2. The third-order valence-electron chi connectivity index (χ3n) is 3.40. The van der Waals surface area contributed by atoms with Crippen molar-refractivity contribution in [2.24, 2.45) is 0 Å². The summed E-state index contributed by atoms with van der Waals surface area (Å²) in [6.07, 6.45) is 0. The Morgan fingerprint density at radius 1 is 1.15 bits per heavy atom. The van der Waals surface area contributed by atoms with Gasteiger partial charge in [0.25, 0.3) is 11.6 Å². The summed E-state index contributed by atoms with van der Waals surface area (Å²) in [6, 6.07) is 8.47. The third kappa shape index (κ3) is 4.85. The Bertz CT molecular complexity index is 863. The first-order valence-corrected chi connectivity index (χ1v) is 7.87. The van der Waals surface area contributed by atoms with Crippen LogP contribution < -0.4 is 14.8 Å². The molecule has 2 aromatic carbocycles. The highest BCUT2D eigenvalue weighted by Gasteiger charge is 2.22. The van der Waals surface area contributed by atoms with Crippen LogP contribution >= 0.6 is 11.6 Å². The summed E-state index contributed by atoms with van der Waals surface area (Å²) in [5, 5.41) is 13.5. The van der Waals surface area contributed by atoms with E-state index in [2.05, 4.69) is 5.32 Å². The molecule has 0 spiro atoms. The van der Waals surface area contributed by atoms with E-state index in [1.165, 1.54) is 38.5 Å². The SMILES string of the molecule is COc1cccc(OC)c1C(=O)OCC(=O)Nc1ccc(Cl)cc1[N+](=O)[O-]. The number of hydrogen-bond acceptors (Lipinski definition) is 7. The fourth-order valence-corrected chi connectivity index (χ4v) is 2.37. The van der Waals surface area contributed by atoms with Gasteiger partial charge in [-0.05, 0) is 24.3 Å². The molecule has 0 unspecified atom stereocenters. The molecule has 0 aliphatic carbocycles. The zero-order valence-corrected chi connectivity index (χ0v) is 15.1. The van der Waals surface area contributed by atoms with Gasteiger partial charge in [-0.15, -0.1) is 0 Å². The number of carbonyl (C=O) groups is 2. The lowest BCUT2D eigenvalue weighted by Gasteiger charge is -2.12. The molecule has 10 heteroatoms. The van der Waals surface area contributed by atoms with Crippen molar-refractivity contribution in [3.63, 3.8) is 0 Å². The number of anilines is 1. The number of benzene rings is 2. The molecule has 2 aromatic rings. The Labute approximate surface area is 158 Å². The smallest absolute Gasteiger partial charge is 0.346 e. The van der Waals surface area contributed by atoms with E-state index in [9.17, 15) is 19.7 Å². The molecular formula is C17H15ClN2O7. The second-order valence-corrected chi connectivity index (χ2v) is 5.52. The molecule has 0 saturated carbocycles. The lowest BCUT2D eigenvalue weighted by molar-refractivity contribution is -0.383. The maximum Gasteiger partial charge on any atom is 0.346 e. The largest absolute Gasteiger partial charge is 0.496 e. The lowest BCUT2D eigenvalue weighted by atomic mass is 10.2. The molecule has 142 valence electrons. The van der Waals surface area contributed by atoms with Crippen LogP contribution in [0.1, 0.15) is 10.4 Å². The fourth-order valence-electron chi connectivity index (χ4n) is 2.20. The Balaban J connectivity index is 2.09. The van der Waals surface area contributed by atoms with Crippen LogP contribution in [0.25, 0.3) is 0 Å². The minimum atomic E-state index is -0.843. The molecule has 0 saturated heterocycles. The third-order valence-corrected chi connectivity index (χ3v) is 3.63. The van der Waals surface area contributed by atoms with Gasteiger partial charge in [0.15, 0.2) is 6.61 Å². The standard InChI is InChI=1S/C17H15ClN2O7/c1-25-13-4-3-5-14(26-2)16(13)17(22)27-9-15(21)19-11-7-6-10(18)8-12(11)20(23)24/h3-8H,9H2,1-2H3,(H,19,21). The number of rotatable bonds is 7. The van der Waals surface area contributed by atoms with E-state index in [1.807, 2.05) is 0 Å². The van der Waals surface area contributed by atoms with E-state index in [1.54, 1.807) is 6.07 Å². The van der Waals surface area contributed by atoms with Crippen LogP contribution in [-0.4, -0.2) is 37.6 Å². The van der Waals surface area contributed by atoms with Crippen molar-refractivity contribution in [2.75, 3.05) is 26.1 Å². The van der Waals surface area contributed by atoms with Gasteiger partial charge < -0.3 is 19.5 Å². The van der Waals surface area contributed by atoms with Gasteiger partial charge in [0, 0.05) is 11.1 Å². The first kappa shape index (κ1) is 20.0. The zero-order chi connectivity index (χ0) is 20.0. The maximum absolute atomic E-state index is 12.3. The second kappa shape index (κ2) is 8.86. The summed E-state index contributed by atoms with van der Waals surface area (Å²) in [5.74, 6) is -1.17. The van der Waals surface area contributed by atoms with E-state index < -0.39 is 23.4 Å². The highest BCUT2D eigenvalue weighted by atomic mass is 35.5. The number of carbonyl (C=O) groups excluding carboxylic acids is 2. The summed E-state index contributed by atoms with van der Waals surface area (Å²) in [4.78, 5) is 34.6. The van der Waals surface area contributed by atoms with Crippen molar-refractivity contribution >= 4 is 34.9 Å². The van der Waals surface area contributed by atoms with Gasteiger partial charge in [-0.2, -0.15) is 0 Å². The topological polar surface area (TPSA) is 117 Å². The van der Waals surface area contributed by atoms with Gasteiger partial charge in [0.2, 0.25) is 0 Å². The van der Waals surface area contributed by atoms with Crippen molar-refractivity contribution in [2.45, 2.75) is 0 Å². The summed E-state index contributed by atoms with van der Waals surface area (Å²) >= 11 is 5.71. The van der Waals surface area contributed by atoms with Crippen molar-refractivity contribution in [1.82, 2.24) is 0 Å². The molecule has 27 heavy (non-hydrogen) atoms. The Kier molecular flexibility index (Phi) is 6.56. The summed E-state index contributed by atoms with van der Waals surface area (Å²) in [5.41, 5.74) is -0.429. The van der Waals surface area contributed by atoms with E-state index in [0.717, 1.165) is 6.07 Å². The monoisotopic (exact) mass is 394 g/mol. The summed E-state index contributed by atoms with van der Waals surface area (Å²) < 4.78 is 15.2. The molecule has 0 atom stereocenters. The van der Waals surface area contributed by atoms with Crippen LogP contribution in [0.5, 0.6) is 11.5 Å². The van der Waals surface area contributed by atoms with Crippen LogP contribution in [0.4, 0.5) is 11.4 Å². The molecule has 0 bridgehead atoms. The van der Waals surface area contributed by atoms with Gasteiger partial charge in [-0.3, -0.25) is 14.9 Å². The normalized spacial score (nSPS) is 10.0. The molecule has 9 nitrogen and oxygen atoms in total. The van der Waals surface area contributed by atoms with Crippen LogP contribution in [-0.2, 0) is 9.53 Å². The number of nitro benzene ring substituents is 1. The van der Waals surface area contributed by atoms with Crippen molar-refractivity contribution < 1.29 is 28.7 Å². The number of ether oxygens (including phenoxy) is 3. The average Bonchev–Trinajstić information content (AvgIpc) is 2.66. The first-order valence-electron chi connectivity index (χ1n) is 7.49. The first-order chi connectivity index (χ1) is 12.9. The number of nitrogens with zero attached hydrogens (tertiary/aromatic N) is 1. The van der Waals surface area contributed by atoms with E-state index in [0.29, 0.717) is 0 Å². The Hall–Kier alpha value is -3.33. The fraction of sp³-hybridized carbons (Fsp3) is 0.176. The minimum Gasteiger partial charge on any atom is -0.496 e. The molecule has 0 aliphatic heterocycles. The minimum absolute atomic E-state index is 0.0211. The molecule has 0 radical (unpaired) electrons. The maximum atomic E-state index is 12.3. The van der Waals surface area contributed by atoms with Crippen molar-refractivity contribution in [3.05, 3.63) is 57.1 Å². The van der Waals surface area contributed by atoms with Gasteiger partial charge in [0.05, 0.1) is 19.1 Å². The number of nitro groups is 1. The van der Waals surface area contributed by atoms with E-state index in [4.69, 9.17) is 25.8 Å². The molecule has 0 aromatic heterocycles. The molecule has 0 heterocycles. The lowest BCUT2D eigenvalue weighted by Crippen LogP contribution is -2.22. The molecule has 2 rings (SSSR count). The number of halogens is 1. The van der Waals surface area contributed by atoms with Crippen LogP contribution in [0.15, 0.2) is 36.4 Å². The second-order valence-electron chi connectivity index (χ2n) is 5.08. The van der Waals surface area contributed by atoms with Gasteiger partial charge in [-0.1, -0.05) is 17.7 Å². The molecule has 1 amide bonds. The number of amides is 1. The highest BCUT2D eigenvalue weighted by Crippen LogP contribution is 2.29. The van der Waals surface area contributed by atoms with E-state index in [-0.39, 0.29) is 33.5 Å². The van der Waals surface area contributed by atoms with Crippen LogP contribution in [0.2, 0.25) is 5.02 Å². The van der Waals surface area contributed by atoms with Crippen molar-refractivity contribution in [1.29, 1.82) is 0 Å². The number of esters is 1. The average molecular weight is 395 g/mol. The zero-order valence-electron chi connectivity index (χ0n) is 14.4. The Morgan fingerprint density at radius 3 is 2.33 bits per heavy atom. The van der Waals surface area contributed by atoms with Crippen LogP contribution in [0, 0.1) is 10.1 Å². The summed E-state index contributed by atoms with van der Waals surface area (Å²) in [6.45, 7) is -0.667. The van der Waals surface area contributed by atoms with E-state index >= 15 is 0 Å². The number of hydrogen-bond donors (Lipinski definition) is 1. The Morgan fingerprint density at radius 2 is 1.78 bits per heavy atom. The van der Waals surface area contributed by atoms with Gasteiger partial charge in [-0.25, -0.2) is 4.79 Å².